The Balaban J connectivity index is 5.81. The number of nitrogens with one attached hydrogen (secondary N) is 6. The van der Waals surface area contributed by atoms with Crippen LogP contribution in [-0.2, 0) is 43.0 Å². The van der Waals surface area contributed by atoms with Crippen LogP contribution in [0.2, 0.25) is 0 Å². The number of hydrogen-bond acceptors (Lipinski definition) is 9. The quantitative estimate of drug-likeness (QED) is 0.0692. The highest BCUT2D eigenvalue weighted by Gasteiger charge is 2.32. The number of rotatable bonds is 28. The second-order valence-corrected chi connectivity index (χ2v) is 16.6. The van der Waals surface area contributed by atoms with Gasteiger partial charge in [0.1, 0.15) is 37.9 Å². The lowest BCUT2D eigenvalue weighted by Crippen LogP contribution is -2.50. The molecule has 6 N–H and O–H groups in total. The Morgan fingerprint density at radius 2 is 0.667 bits per heavy atom. The lowest BCUT2D eigenvalue weighted by molar-refractivity contribution is -0.139. The smallest absolute Gasteiger partial charge is 0.246 e. The van der Waals surface area contributed by atoms with Crippen molar-refractivity contribution in [3.8, 4) is 0 Å². The highest BCUT2D eigenvalue weighted by Crippen LogP contribution is 2.24. The van der Waals surface area contributed by atoms with E-state index in [1.54, 1.807) is 0 Å². The van der Waals surface area contributed by atoms with Crippen molar-refractivity contribution in [3.63, 3.8) is 0 Å². The molecule has 0 aliphatic rings. The summed E-state index contributed by atoms with van der Waals surface area (Å²) >= 11 is 0. The zero-order chi connectivity index (χ0) is 41.6. The zero-order valence-corrected chi connectivity index (χ0v) is 35.4. The lowest BCUT2D eigenvalue weighted by atomic mass is 9.88. The van der Waals surface area contributed by atoms with Crippen molar-refractivity contribution in [2.75, 3.05) is 39.6 Å². The molecule has 0 rings (SSSR count). The van der Waals surface area contributed by atoms with Crippen molar-refractivity contribution in [1.29, 1.82) is 0 Å². The minimum Gasteiger partial charge on any atom is -0.371 e. The van der Waals surface area contributed by atoms with Crippen molar-refractivity contribution in [2.24, 2.45) is 23.2 Å². The van der Waals surface area contributed by atoms with Crippen LogP contribution in [0.3, 0.4) is 0 Å². The first-order valence-corrected chi connectivity index (χ1v) is 19.6. The number of carbonyl (C=O) groups is 6. The largest absolute Gasteiger partial charge is 0.371 e. The van der Waals surface area contributed by atoms with E-state index in [9.17, 15) is 28.8 Å². The fraction of sp³-hybridized carbons (Fsp3) is 0.846. The van der Waals surface area contributed by atoms with Gasteiger partial charge in [0.05, 0.1) is 19.8 Å². The molecule has 0 aromatic rings. The van der Waals surface area contributed by atoms with E-state index in [0.29, 0.717) is 25.7 Å². The first kappa shape index (κ1) is 50.7. The zero-order valence-electron chi connectivity index (χ0n) is 35.4. The van der Waals surface area contributed by atoms with Crippen LogP contribution < -0.4 is 31.9 Å². The van der Waals surface area contributed by atoms with Crippen LogP contribution in [0.15, 0.2) is 0 Å². The van der Waals surface area contributed by atoms with Crippen molar-refractivity contribution < 1.29 is 43.0 Å². The van der Waals surface area contributed by atoms with Crippen LogP contribution in [0, 0.1) is 23.2 Å². The van der Waals surface area contributed by atoms with E-state index >= 15 is 0 Å². The Morgan fingerprint density at radius 3 is 0.852 bits per heavy atom. The molecule has 0 aliphatic carbocycles. The Morgan fingerprint density at radius 1 is 0.426 bits per heavy atom. The topological polar surface area (TPSA) is 202 Å². The van der Waals surface area contributed by atoms with Crippen LogP contribution >= 0.6 is 0 Å². The van der Waals surface area contributed by atoms with Gasteiger partial charge >= 0.3 is 0 Å². The SMILES string of the molecule is CCC(COCC(=O)NC(CC(C)C)C(=O)NC(C)C)(COCC(=O)NC(CC(C)C)C(=O)NC(C)C)COCC(=O)NC(CC(C)C)C(=O)NC(C)C. The van der Waals surface area contributed by atoms with Crippen LogP contribution in [0.25, 0.3) is 0 Å². The average molecular weight is 771 g/mol. The molecule has 314 valence electrons. The molecular formula is C39H74N6O9. The summed E-state index contributed by atoms with van der Waals surface area (Å²) in [6.45, 7) is 23.6. The van der Waals surface area contributed by atoms with Crippen molar-refractivity contribution in [1.82, 2.24) is 31.9 Å². The van der Waals surface area contributed by atoms with Gasteiger partial charge in [-0.1, -0.05) is 48.5 Å². The molecule has 0 saturated heterocycles. The van der Waals surface area contributed by atoms with Gasteiger partial charge in [-0.2, -0.15) is 0 Å². The molecule has 0 bridgehead atoms. The predicted octanol–water partition coefficient (Wildman–Crippen LogP) is 2.60. The van der Waals surface area contributed by atoms with E-state index < -0.39 is 41.3 Å². The normalized spacial score (nSPS) is 14.5. The number of hydrogen-bond donors (Lipinski definition) is 6. The molecule has 3 atom stereocenters. The lowest BCUT2D eigenvalue weighted by Gasteiger charge is -2.32. The molecule has 0 heterocycles. The molecule has 0 saturated carbocycles. The maximum absolute atomic E-state index is 13.0. The predicted molar refractivity (Wildman–Crippen MR) is 209 cm³/mol. The third-order valence-corrected chi connectivity index (χ3v) is 8.04. The van der Waals surface area contributed by atoms with E-state index in [4.69, 9.17) is 14.2 Å². The van der Waals surface area contributed by atoms with Crippen molar-refractivity contribution in [3.05, 3.63) is 0 Å². The maximum atomic E-state index is 13.0. The highest BCUT2D eigenvalue weighted by molar-refractivity contribution is 5.89. The molecule has 0 spiro atoms. The van der Waals surface area contributed by atoms with Crippen molar-refractivity contribution >= 4 is 35.4 Å². The summed E-state index contributed by atoms with van der Waals surface area (Å²) in [6.07, 6.45) is 1.76. The molecule has 54 heavy (non-hydrogen) atoms. The summed E-state index contributed by atoms with van der Waals surface area (Å²) < 4.78 is 17.6. The maximum Gasteiger partial charge on any atom is 0.246 e. The monoisotopic (exact) mass is 771 g/mol. The number of ether oxygens (including phenoxy) is 3. The first-order chi connectivity index (χ1) is 25.1. The third kappa shape index (κ3) is 23.5. The summed E-state index contributed by atoms with van der Waals surface area (Å²) in [5.74, 6) is -1.79. The molecule has 0 aromatic heterocycles. The van der Waals surface area contributed by atoms with Crippen LogP contribution in [0.5, 0.6) is 0 Å². The Kier molecular flexibility index (Phi) is 24.9. The molecule has 3 unspecified atom stereocenters. The summed E-state index contributed by atoms with van der Waals surface area (Å²) in [5, 5.41) is 16.8. The van der Waals surface area contributed by atoms with E-state index in [-0.39, 0.29) is 93.2 Å². The number of amides is 6. The van der Waals surface area contributed by atoms with E-state index in [1.807, 2.05) is 90.0 Å². The Hall–Kier alpha value is -3.30. The standard InChI is InChI=1S/C39H74N6O9/c1-14-39(21-52-18-33(46)43-30(15-24(2)3)36(49)40-27(8)9,22-53-19-34(47)44-31(16-25(4)5)37(50)41-28(10)11)23-54-20-35(48)45-32(17-26(6)7)38(51)42-29(12)13/h24-32H,14-23H2,1-13H3,(H,40,49)(H,41,50)(H,42,51)(H,43,46)(H,44,47)(H,45,48). The van der Waals surface area contributed by atoms with Crippen LogP contribution in [-0.4, -0.2) is 111 Å². The molecule has 0 aliphatic heterocycles. The third-order valence-electron chi connectivity index (χ3n) is 8.04. The Bertz CT molecular complexity index is 1020. The van der Waals surface area contributed by atoms with E-state index in [1.165, 1.54) is 0 Å². The first-order valence-electron chi connectivity index (χ1n) is 19.6. The van der Waals surface area contributed by atoms with Gasteiger partial charge in [-0.05, 0) is 85.0 Å². The summed E-state index contributed by atoms with van der Waals surface area (Å²) in [6, 6.07) is -2.46. The van der Waals surface area contributed by atoms with Gasteiger partial charge in [-0.3, -0.25) is 28.8 Å². The number of carbonyl (C=O) groups excluding carboxylic acids is 6. The highest BCUT2D eigenvalue weighted by atomic mass is 16.5. The van der Waals surface area contributed by atoms with Crippen LogP contribution in [0.4, 0.5) is 0 Å². The van der Waals surface area contributed by atoms with Gasteiger partial charge in [0.25, 0.3) is 0 Å². The fourth-order valence-electron chi connectivity index (χ4n) is 5.48. The molecule has 6 amide bonds. The molecule has 0 radical (unpaired) electrons. The molecule has 15 heteroatoms. The minimum absolute atomic E-state index is 0.0350. The Labute approximate surface area is 324 Å². The molecule has 15 nitrogen and oxygen atoms in total. The summed E-state index contributed by atoms with van der Waals surface area (Å²) in [5.41, 5.74) is -0.897. The van der Waals surface area contributed by atoms with E-state index in [0.717, 1.165) is 0 Å². The average Bonchev–Trinajstić information content (AvgIpc) is 3.01. The van der Waals surface area contributed by atoms with Gasteiger partial charge in [0, 0.05) is 23.5 Å². The summed E-state index contributed by atoms with van der Waals surface area (Å²) in [7, 11) is 0. The molecular weight excluding hydrogens is 696 g/mol. The van der Waals surface area contributed by atoms with Gasteiger partial charge in [-0.25, -0.2) is 0 Å². The minimum atomic E-state index is -0.897. The second kappa shape index (κ2) is 26.5. The summed E-state index contributed by atoms with van der Waals surface area (Å²) in [4.78, 5) is 77.1. The fourth-order valence-corrected chi connectivity index (χ4v) is 5.48. The van der Waals surface area contributed by atoms with Gasteiger partial charge in [-0.15, -0.1) is 0 Å². The van der Waals surface area contributed by atoms with Gasteiger partial charge < -0.3 is 46.1 Å². The van der Waals surface area contributed by atoms with Gasteiger partial charge in [0.15, 0.2) is 0 Å². The molecule has 0 aromatic carbocycles. The second-order valence-electron chi connectivity index (χ2n) is 16.6. The van der Waals surface area contributed by atoms with Crippen molar-refractivity contribution in [2.45, 2.75) is 152 Å². The molecule has 0 fully saturated rings. The van der Waals surface area contributed by atoms with Gasteiger partial charge in [0.2, 0.25) is 35.4 Å². The van der Waals surface area contributed by atoms with Crippen LogP contribution in [0.1, 0.15) is 116 Å². The van der Waals surface area contributed by atoms with E-state index in [2.05, 4.69) is 31.9 Å².